The minimum atomic E-state index is 0.751. The van der Waals surface area contributed by atoms with Crippen molar-refractivity contribution < 1.29 is 4.42 Å². The molecule has 0 fully saturated rings. The molecule has 2 rings (SSSR count). The van der Waals surface area contributed by atoms with Crippen molar-refractivity contribution in [1.29, 1.82) is 0 Å². The molecule has 0 unspecified atom stereocenters. The average Bonchev–Trinajstić information content (AvgIpc) is 2.94. The molecule has 0 aliphatic heterocycles. The first kappa shape index (κ1) is 11.7. The van der Waals surface area contributed by atoms with E-state index in [2.05, 4.69) is 11.9 Å². The summed E-state index contributed by atoms with van der Waals surface area (Å²) in [5.41, 5.74) is 1.05. The molecule has 0 saturated carbocycles. The molecule has 2 heterocycles. The summed E-state index contributed by atoms with van der Waals surface area (Å²) in [7, 11) is 0. The van der Waals surface area contributed by atoms with Gasteiger partial charge in [0.05, 0.1) is 10.6 Å². The first-order chi connectivity index (χ1) is 7.90. The molecule has 0 atom stereocenters. The minimum Gasteiger partial charge on any atom is -0.444 e. The lowest BCUT2D eigenvalue weighted by Gasteiger charge is -1.95. The molecule has 2 nitrogen and oxygen atoms in total. The molecule has 0 aliphatic carbocycles. The van der Waals surface area contributed by atoms with Crippen molar-refractivity contribution in [3.05, 3.63) is 29.5 Å². The van der Waals surface area contributed by atoms with Crippen LogP contribution in [0.1, 0.15) is 25.5 Å². The maximum absolute atomic E-state index is 5.45. The van der Waals surface area contributed by atoms with Gasteiger partial charge in [-0.05, 0) is 23.6 Å². The standard InChI is InChI=1S/C12H15NOS2/c1-2-3-6-15-9-10-8-14-12(13-10)11-5-4-7-16-11/h4-5,7-8H,2-3,6,9H2,1H3. The van der Waals surface area contributed by atoms with Gasteiger partial charge in [0.1, 0.15) is 6.26 Å². The van der Waals surface area contributed by atoms with Crippen molar-refractivity contribution >= 4 is 23.1 Å². The first-order valence-corrected chi connectivity index (χ1v) is 7.49. The summed E-state index contributed by atoms with van der Waals surface area (Å²) < 4.78 is 5.45. The van der Waals surface area contributed by atoms with E-state index in [1.165, 1.54) is 18.6 Å². The maximum Gasteiger partial charge on any atom is 0.236 e. The van der Waals surface area contributed by atoms with Crippen LogP contribution in [0.5, 0.6) is 0 Å². The fourth-order valence-corrected chi connectivity index (χ4v) is 2.94. The average molecular weight is 253 g/mol. The Labute approximate surface area is 104 Å². The SMILES string of the molecule is CCCCSCc1coc(-c2cccs2)n1. The van der Waals surface area contributed by atoms with Gasteiger partial charge >= 0.3 is 0 Å². The van der Waals surface area contributed by atoms with Crippen molar-refractivity contribution in [2.75, 3.05) is 5.75 Å². The Morgan fingerprint density at radius 2 is 2.44 bits per heavy atom. The fourth-order valence-electron chi connectivity index (χ4n) is 1.31. The molecular weight excluding hydrogens is 238 g/mol. The van der Waals surface area contributed by atoms with Crippen LogP contribution in [0.3, 0.4) is 0 Å². The molecule has 0 N–H and O–H groups in total. The Kier molecular flexibility index (Phi) is 4.48. The molecule has 0 radical (unpaired) electrons. The van der Waals surface area contributed by atoms with Crippen LogP contribution in [0.2, 0.25) is 0 Å². The normalized spacial score (nSPS) is 10.8. The Morgan fingerprint density at radius 1 is 1.50 bits per heavy atom. The highest BCUT2D eigenvalue weighted by molar-refractivity contribution is 7.98. The summed E-state index contributed by atoms with van der Waals surface area (Å²) in [5, 5.41) is 2.04. The molecule has 16 heavy (non-hydrogen) atoms. The van der Waals surface area contributed by atoms with Gasteiger partial charge in [-0.15, -0.1) is 11.3 Å². The van der Waals surface area contributed by atoms with Gasteiger partial charge in [0.2, 0.25) is 5.89 Å². The fraction of sp³-hybridized carbons (Fsp3) is 0.417. The number of aromatic nitrogens is 1. The zero-order valence-electron chi connectivity index (χ0n) is 9.31. The van der Waals surface area contributed by atoms with Crippen LogP contribution in [0.25, 0.3) is 10.8 Å². The molecular formula is C12H15NOS2. The molecule has 4 heteroatoms. The van der Waals surface area contributed by atoms with E-state index in [0.29, 0.717) is 0 Å². The van der Waals surface area contributed by atoms with E-state index in [4.69, 9.17) is 4.42 Å². The number of thioether (sulfide) groups is 1. The van der Waals surface area contributed by atoms with Crippen LogP contribution in [0.15, 0.2) is 28.2 Å². The van der Waals surface area contributed by atoms with Crippen molar-refractivity contribution in [3.63, 3.8) is 0 Å². The van der Waals surface area contributed by atoms with Gasteiger partial charge in [0.15, 0.2) is 0 Å². The summed E-state index contributed by atoms with van der Waals surface area (Å²) in [5.74, 6) is 2.91. The second-order valence-electron chi connectivity index (χ2n) is 3.53. The molecule has 86 valence electrons. The van der Waals surface area contributed by atoms with Crippen LogP contribution >= 0.6 is 23.1 Å². The molecule has 0 aliphatic rings. The van der Waals surface area contributed by atoms with Crippen molar-refractivity contribution in [2.24, 2.45) is 0 Å². The summed E-state index contributed by atoms with van der Waals surface area (Å²) in [6.07, 6.45) is 4.31. The lowest BCUT2D eigenvalue weighted by molar-refractivity contribution is 0.575. The molecule has 2 aromatic rings. The molecule has 2 aromatic heterocycles. The number of thiophene rings is 1. The number of nitrogens with zero attached hydrogens (tertiary/aromatic N) is 1. The second kappa shape index (κ2) is 6.11. The van der Waals surface area contributed by atoms with Crippen molar-refractivity contribution in [3.8, 4) is 10.8 Å². The number of rotatable bonds is 6. The monoisotopic (exact) mass is 253 g/mol. The summed E-state index contributed by atoms with van der Waals surface area (Å²) >= 11 is 3.58. The Balaban J connectivity index is 1.88. The highest BCUT2D eigenvalue weighted by Crippen LogP contribution is 2.24. The van der Waals surface area contributed by atoms with Gasteiger partial charge in [0.25, 0.3) is 0 Å². The highest BCUT2D eigenvalue weighted by Gasteiger charge is 2.06. The van der Waals surface area contributed by atoms with Gasteiger partial charge in [-0.25, -0.2) is 4.98 Å². The second-order valence-corrected chi connectivity index (χ2v) is 5.58. The lowest BCUT2D eigenvalue weighted by atomic mass is 10.4. The number of hydrogen-bond acceptors (Lipinski definition) is 4. The molecule has 0 aromatic carbocycles. The van der Waals surface area contributed by atoms with E-state index in [9.17, 15) is 0 Å². The van der Waals surface area contributed by atoms with E-state index >= 15 is 0 Å². The summed E-state index contributed by atoms with van der Waals surface area (Å²) in [4.78, 5) is 5.57. The smallest absolute Gasteiger partial charge is 0.236 e. The van der Waals surface area contributed by atoms with E-state index in [0.717, 1.165) is 22.2 Å². The van der Waals surface area contributed by atoms with Gasteiger partial charge in [-0.1, -0.05) is 19.4 Å². The zero-order chi connectivity index (χ0) is 11.2. The van der Waals surface area contributed by atoms with Crippen LogP contribution in [-0.4, -0.2) is 10.7 Å². The lowest BCUT2D eigenvalue weighted by Crippen LogP contribution is -1.83. The Morgan fingerprint density at radius 3 is 3.19 bits per heavy atom. The van der Waals surface area contributed by atoms with Crippen molar-refractivity contribution in [2.45, 2.75) is 25.5 Å². The molecule has 0 saturated heterocycles. The first-order valence-electron chi connectivity index (χ1n) is 5.46. The number of hydrogen-bond donors (Lipinski definition) is 0. The highest BCUT2D eigenvalue weighted by atomic mass is 32.2. The molecule has 0 bridgehead atoms. The van der Waals surface area contributed by atoms with Crippen LogP contribution in [0, 0.1) is 0 Å². The predicted octanol–water partition coefficient (Wildman–Crippen LogP) is 4.44. The third kappa shape index (κ3) is 3.12. The summed E-state index contributed by atoms with van der Waals surface area (Å²) in [6, 6.07) is 4.05. The molecule has 0 spiro atoms. The van der Waals surface area contributed by atoms with Gasteiger partial charge < -0.3 is 4.42 Å². The third-order valence-electron chi connectivity index (χ3n) is 2.18. The largest absolute Gasteiger partial charge is 0.444 e. The van der Waals surface area contributed by atoms with Crippen LogP contribution in [0.4, 0.5) is 0 Å². The zero-order valence-corrected chi connectivity index (χ0v) is 10.9. The minimum absolute atomic E-state index is 0.751. The van der Waals surface area contributed by atoms with Gasteiger partial charge in [-0.3, -0.25) is 0 Å². The van der Waals surface area contributed by atoms with E-state index in [1.807, 2.05) is 29.3 Å². The summed E-state index contributed by atoms with van der Waals surface area (Å²) in [6.45, 7) is 2.21. The number of unbranched alkanes of at least 4 members (excludes halogenated alkanes) is 1. The van der Waals surface area contributed by atoms with Gasteiger partial charge in [-0.2, -0.15) is 11.8 Å². The predicted molar refractivity (Wildman–Crippen MR) is 70.9 cm³/mol. The number of oxazole rings is 1. The van der Waals surface area contributed by atoms with Gasteiger partial charge in [0, 0.05) is 5.75 Å². The van der Waals surface area contributed by atoms with E-state index < -0.39 is 0 Å². The Bertz CT molecular complexity index is 408. The molecule has 0 amide bonds. The van der Waals surface area contributed by atoms with Crippen molar-refractivity contribution in [1.82, 2.24) is 4.98 Å². The van der Waals surface area contributed by atoms with E-state index in [1.54, 1.807) is 17.6 Å². The quantitative estimate of drug-likeness (QED) is 0.712. The maximum atomic E-state index is 5.45. The Hall–Kier alpha value is -0.740. The van der Waals surface area contributed by atoms with Crippen LogP contribution < -0.4 is 0 Å². The topological polar surface area (TPSA) is 26.0 Å². The van der Waals surface area contributed by atoms with Crippen LogP contribution in [-0.2, 0) is 5.75 Å². The third-order valence-corrected chi connectivity index (χ3v) is 4.11. The van der Waals surface area contributed by atoms with E-state index in [-0.39, 0.29) is 0 Å².